The fourth-order valence-electron chi connectivity index (χ4n) is 1.10. The van der Waals surface area contributed by atoms with Gasteiger partial charge in [-0.2, -0.15) is 23.5 Å². The van der Waals surface area contributed by atoms with Crippen LogP contribution in [-0.2, 0) is 0 Å². The van der Waals surface area contributed by atoms with E-state index in [1.165, 1.54) is 28.1 Å². The van der Waals surface area contributed by atoms with Crippen LogP contribution < -0.4 is 0 Å². The Kier molecular flexibility index (Phi) is 6.68. The molecule has 0 aromatic rings. The van der Waals surface area contributed by atoms with E-state index in [-0.39, 0.29) is 0 Å². The smallest absolute Gasteiger partial charge is 0.0919 e. The highest BCUT2D eigenvalue weighted by atomic mass is 33.1. The average molecular weight is 379 g/mol. The molecule has 3 rings (SSSR count). The van der Waals surface area contributed by atoms with Gasteiger partial charge in [-0.25, -0.2) is 0 Å². The van der Waals surface area contributed by atoms with Gasteiger partial charge in [-0.05, 0) is 0 Å². The molecule has 17 heavy (non-hydrogen) atoms. The second kappa shape index (κ2) is 7.71. The van der Waals surface area contributed by atoms with Crippen molar-refractivity contribution in [2.45, 2.75) is 19.7 Å². The Morgan fingerprint density at radius 2 is 1.41 bits per heavy atom. The van der Waals surface area contributed by atoms with E-state index < -0.39 is 0 Å². The lowest BCUT2D eigenvalue weighted by Crippen LogP contribution is -2.19. The van der Waals surface area contributed by atoms with Gasteiger partial charge in [-0.1, -0.05) is 43.2 Å². The van der Waals surface area contributed by atoms with E-state index in [0.29, 0.717) is 0 Å². The van der Waals surface area contributed by atoms with Gasteiger partial charge in [-0.3, -0.25) is 0 Å². The van der Waals surface area contributed by atoms with Gasteiger partial charge in [0.1, 0.15) is 0 Å². The zero-order valence-corrected chi connectivity index (χ0v) is 15.6. The summed E-state index contributed by atoms with van der Waals surface area (Å²) in [6, 6.07) is 0. The molecule has 3 heterocycles. The number of hydrogen-bond acceptors (Lipinski definition) is 8. The first-order valence-corrected chi connectivity index (χ1v) is 14.4. The van der Waals surface area contributed by atoms with E-state index in [4.69, 9.17) is 0 Å². The van der Waals surface area contributed by atoms with Crippen molar-refractivity contribution < 1.29 is 0 Å². The molecule has 3 aliphatic heterocycles. The lowest BCUT2D eigenvalue weighted by Gasteiger charge is -2.30. The maximum Gasteiger partial charge on any atom is 0.0919 e. The van der Waals surface area contributed by atoms with Crippen molar-refractivity contribution >= 4 is 90.2 Å². The van der Waals surface area contributed by atoms with Gasteiger partial charge < -0.3 is 0 Å². The molecule has 3 aliphatic rings. The van der Waals surface area contributed by atoms with Crippen molar-refractivity contribution in [1.82, 2.24) is 0 Å². The Morgan fingerprint density at radius 1 is 0.882 bits per heavy atom. The Balaban J connectivity index is 1.32. The fourth-order valence-corrected chi connectivity index (χ4v) is 13.9. The van der Waals surface area contributed by atoms with Crippen molar-refractivity contribution in [2.24, 2.45) is 0 Å². The van der Waals surface area contributed by atoms with Gasteiger partial charge in [0.15, 0.2) is 0 Å². The van der Waals surface area contributed by atoms with Crippen molar-refractivity contribution in [3.63, 3.8) is 0 Å². The monoisotopic (exact) mass is 378 g/mol. The van der Waals surface area contributed by atoms with Crippen molar-refractivity contribution in [3.05, 3.63) is 0 Å². The summed E-state index contributed by atoms with van der Waals surface area (Å²) in [4.78, 5) is 0. The summed E-state index contributed by atoms with van der Waals surface area (Å²) in [5, 5.41) is 3.28. The van der Waals surface area contributed by atoms with Gasteiger partial charge in [0.05, 0.1) is 9.16 Å². The molecule has 3 saturated heterocycles. The molecule has 2 atom stereocenters. The third-order valence-corrected chi connectivity index (χ3v) is 14.9. The highest BCUT2D eigenvalue weighted by Gasteiger charge is 2.32. The van der Waals surface area contributed by atoms with Crippen LogP contribution in [0.5, 0.6) is 0 Å². The molecule has 0 radical (unpaired) electrons. The lowest BCUT2D eigenvalue weighted by atomic mass is 10.6. The van der Waals surface area contributed by atoms with Crippen LogP contribution in [0.4, 0.5) is 0 Å². The van der Waals surface area contributed by atoms with E-state index in [1.54, 1.807) is 0 Å². The minimum Gasteiger partial charge on any atom is -0.156 e. The number of hydrogen-bond donors (Lipinski definition) is 0. The van der Waals surface area contributed by atoms with Crippen LogP contribution in [0.3, 0.4) is 0 Å². The van der Waals surface area contributed by atoms with Crippen LogP contribution in [0, 0.1) is 0 Å². The van der Waals surface area contributed by atoms with Gasteiger partial charge >= 0.3 is 0 Å². The van der Waals surface area contributed by atoms with E-state index in [0.717, 1.165) is 19.7 Å². The van der Waals surface area contributed by atoms with Crippen molar-refractivity contribution in [2.75, 3.05) is 28.1 Å². The van der Waals surface area contributed by atoms with Crippen LogP contribution in [-0.4, -0.2) is 47.8 Å². The maximum absolute atomic E-state index is 2.15. The van der Waals surface area contributed by atoms with Crippen molar-refractivity contribution in [3.8, 4) is 0 Å². The maximum atomic E-state index is 2.15. The number of rotatable bonds is 9. The molecule has 0 amide bonds. The quantitative estimate of drug-likeness (QED) is 0.306. The highest BCUT2D eigenvalue weighted by molar-refractivity contribution is 8.85. The predicted molar refractivity (Wildman–Crippen MR) is 100 cm³/mol. The normalized spacial score (nSPS) is 33.2. The van der Waals surface area contributed by atoms with Crippen LogP contribution in [0.2, 0.25) is 0 Å². The summed E-state index contributed by atoms with van der Waals surface area (Å²) >= 11 is 8.53. The molecule has 0 aromatic carbocycles. The average Bonchev–Trinajstić information content (AvgIpc) is 3.10. The van der Waals surface area contributed by atoms with Gasteiger partial charge in [-0.15, -0.1) is 23.5 Å². The van der Waals surface area contributed by atoms with Crippen LogP contribution >= 0.6 is 90.2 Å². The molecule has 0 N–H and O–H groups in total. The van der Waals surface area contributed by atoms with E-state index in [9.17, 15) is 0 Å². The summed E-state index contributed by atoms with van der Waals surface area (Å²) in [6.07, 6.45) is 0. The molecule has 0 nitrogen and oxygen atoms in total. The van der Waals surface area contributed by atoms with Crippen LogP contribution in [0.1, 0.15) is 0 Å². The highest BCUT2D eigenvalue weighted by Crippen LogP contribution is 2.54. The molecular formula is C9H14S8. The first-order valence-electron chi connectivity index (χ1n) is 5.45. The van der Waals surface area contributed by atoms with E-state index in [2.05, 4.69) is 90.2 Å². The first-order chi connectivity index (χ1) is 8.42. The summed E-state index contributed by atoms with van der Waals surface area (Å²) in [5.41, 5.74) is 0. The van der Waals surface area contributed by atoms with Crippen molar-refractivity contribution in [1.29, 1.82) is 0 Å². The SMILES string of the molecule is C1SC(C(SSCC2CS2)SSCC2CS2)S1. The second-order valence-corrected chi connectivity index (χ2v) is 14.9. The zero-order chi connectivity index (χ0) is 11.5. The Bertz CT molecular complexity index is 219. The van der Waals surface area contributed by atoms with Gasteiger partial charge in [0.25, 0.3) is 0 Å². The Morgan fingerprint density at radius 3 is 1.76 bits per heavy atom. The number of thioether (sulfide) groups is 4. The third-order valence-electron chi connectivity index (χ3n) is 2.33. The molecule has 0 spiro atoms. The summed E-state index contributed by atoms with van der Waals surface area (Å²) < 4.78 is 1.64. The van der Waals surface area contributed by atoms with Crippen LogP contribution in [0.25, 0.3) is 0 Å². The zero-order valence-electron chi connectivity index (χ0n) is 9.11. The lowest BCUT2D eigenvalue weighted by molar-refractivity contribution is 1.27. The summed E-state index contributed by atoms with van der Waals surface area (Å²) in [5.74, 6) is 5.53. The minimum atomic E-state index is 0.793. The summed E-state index contributed by atoms with van der Waals surface area (Å²) in [6.45, 7) is 0. The Hall–Kier alpha value is 2.80. The molecule has 8 heteroatoms. The molecule has 0 bridgehead atoms. The molecule has 98 valence electrons. The Labute approximate surface area is 136 Å². The minimum absolute atomic E-state index is 0.793. The van der Waals surface area contributed by atoms with Gasteiger partial charge in [0, 0.05) is 38.6 Å². The topological polar surface area (TPSA) is 0 Å². The molecule has 0 aliphatic carbocycles. The largest absolute Gasteiger partial charge is 0.156 e. The molecule has 0 saturated carbocycles. The van der Waals surface area contributed by atoms with E-state index >= 15 is 0 Å². The second-order valence-electron chi connectivity index (χ2n) is 3.86. The molecule has 2 unspecified atom stereocenters. The molecular weight excluding hydrogens is 365 g/mol. The standard InChI is InChI=1S/C9H14S8/c1-6(10-1)3-14-16-9(8-12-5-13-8)17-15-4-7-2-11-7/h6-9H,1-5H2. The molecule has 0 aromatic heterocycles. The van der Waals surface area contributed by atoms with E-state index in [1.807, 2.05) is 0 Å². The predicted octanol–water partition coefficient (Wildman–Crippen LogP) is 5.07. The summed E-state index contributed by atoms with van der Waals surface area (Å²) in [7, 11) is 8.51. The van der Waals surface area contributed by atoms with Crippen LogP contribution in [0.15, 0.2) is 0 Å². The fraction of sp³-hybridized carbons (Fsp3) is 1.00. The first kappa shape index (κ1) is 14.7. The van der Waals surface area contributed by atoms with Gasteiger partial charge in [0.2, 0.25) is 0 Å². The third kappa shape index (κ3) is 5.59. The molecule has 3 fully saturated rings.